The summed E-state index contributed by atoms with van der Waals surface area (Å²) in [6, 6.07) is 7.27. The molecule has 1 aliphatic rings. The van der Waals surface area contributed by atoms with Gasteiger partial charge in [0.05, 0.1) is 12.0 Å². The Morgan fingerprint density at radius 1 is 1.26 bits per heavy atom. The fourth-order valence-electron chi connectivity index (χ4n) is 2.81. The van der Waals surface area contributed by atoms with Crippen molar-refractivity contribution < 1.29 is 14.7 Å². The van der Waals surface area contributed by atoms with Crippen LogP contribution >= 0.6 is 11.6 Å². The molecule has 0 radical (unpaired) electrons. The zero-order valence-corrected chi connectivity index (χ0v) is 13.1. The molecule has 0 saturated carbocycles. The van der Waals surface area contributed by atoms with Gasteiger partial charge in [-0.05, 0) is 29.2 Å². The Labute approximate surface area is 138 Å². The van der Waals surface area contributed by atoms with Gasteiger partial charge in [-0.25, -0.2) is 4.79 Å². The number of carbonyl (C=O) groups excluding carboxylic acids is 1. The highest BCUT2D eigenvalue weighted by Crippen LogP contribution is 2.23. The molecular formula is C17H15ClN2O3. The summed E-state index contributed by atoms with van der Waals surface area (Å²) in [7, 11) is 0. The highest BCUT2D eigenvalue weighted by molar-refractivity contribution is 6.31. The van der Waals surface area contributed by atoms with E-state index in [9.17, 15) is 14.7 Å². The quantitative estimate of drug-likeness (QED) is 0.939. The molecule has 1 N–H and O–H groups in total. The van der Waals surface area contributed by atoms with Crippen LogP contribution in [0.1, 0.15) is 27.0 Å². The van der Waals surface area contributed by atoms with Gasteiger partial charge in [0.25, 0.3) is 0 Å². The molecule has 0 spiro atoms. The Morgan fingerprint density at radius 3 is 2.78 bits per heavy atom. The van der Waals surface area contributed by atoms with Gasteiger partial charge < -0.3 is 10.0 Å². The predicted octanol–water partition coefficient (Wildman–Crippen LogP) is 2.56. The summed E-state index contributed by atoms with van der Waals surface area (Å²) < 4.78 is 0. The Bertz CT molecular complexity index is 776. The van der Waals surface area contributed by atoms with Crippen molar-refractivity contribution in [2.75, 3.05) is 6.54 Å². The molecule has 0 aliphatic carbocycles. The molecule has 0 saturated heterocycles. The second-order valence-corrected chi connectivity index (χ2v) is 5.87. The molecular weight excluding hydrogens is 316 g/mol. The molecule has 1 aromatic heterocycles. The van der Waals surface area contributed by atoms with Crippen LogP contribution in [0, 0.1) is 0 Å². The number of carbonyl (C=O) groups is 2. The molecule has 2 heterocycles. The lowest BCUT2D eigenvalue weighted by molar-refractivity contribution is -0.131. The Morgan fingerprint density at radius 2 is 2.04 bits per heavy atom. The lowest BCUT2D eigenvalue weighted by Gasteiger charge is -2.29. The van der Waals surface area contributed by atoms with Crippen LogP contribution in [0.5, 0.6) is 0 Å². The van der Waals surface area contributed by atoms with E-state index in [1.54, 1.807) is 17.2 Å². The average molecular weight is 331 g/mol. The maximum Gasteiger partial charge on any atom is 0.337 e. The molecule has 0 atom stereocenters. The zero-order valence-electron chi connectivity index (χ0n) is 12.3. The number of halogens is 1. The molecule has 5 nitrogen and oxygen atoms in total. The number of rotatable bonds is 3. The maximum atomic E-state index is 12.5. The topological polar surface area (TPSA) is 70.5 Å². The number of carboxylic acids is 1. The van der Waals surface area contributed by atoms with Crippen LogP contribution in [0.15, 0.2) is 36.7 Å². The van der Waals surface area contributed by atoms with Gasteiger partial charge in [0.2, 0.25) is 5.91 Å². The van der Waals surface area contributed by atoms with Gasteiger partial charge in [-0.2, -0.15) is 0 Å². The van der Waals surface area contributed by atoms with Gasteiger partial charge in [0.15, 0.2) is 0 Å². The largest absolute Gasteiger partial charge is 0.478 e. The molecule has 23 heavy (non-hydrogen) atoms. The van der Waals surface area contributed by atoms with E-state index in [0.29, 0.717) is 24.5 Å². The van der Waals surface area contributed by atoms with E-state index in [-0.39, 0.29) is 17.9 Å². The molecule has 1 aliphatic heterocycles. The maximum absolute atomic E-state index is 12.5. The van der Waals surface area contributed by atoms with Crippen molar-refractivity contribution in [2.24, 2.45) is 0 Å². The smallest absolute Gasteiger partial charge is 0.337 e. The second-order valence-electron chi connectivity index (χ2n) is 5.46. The van der Waals surface area contributed by atoms with Crippen molar-refractivity contribution in [1.82, 2.24) is 9.88 Å². The van der Waals surface area contributed by atoms with E-state index in [1.165, 1.54) is 6.20 Å². The van der Waals surface area contributed by atoms with E-state index in [0.717, 1.165) is 16.7 Å². The molecule has 3 rings (SSSR count). The predicted molar refractivity (Wildman–Crippen MR) is 85.5 cm³/mol. The van der Waals surface area contributed by atoms with Gasteiger partial charge in [-0.15, -0.1) is 0 Å². The molecule has 6 heteroatoms. The van der Waals surface area contributed by atoms with E-state index in [4.69, 9.17) is 11.6 Å². The summed E-state index contributed by atoms with van der Waals surface area (Å²) in [6.07, 6.45) is 3.76. The number of benzene rings is 1. The second kappa shape index (κ2) is 6.38. The van der Waals surface area contributed by atoms with Crippen molar-refractivity contribution in [2.45, 2.75) is 19.4 Å². The van der Waals surface area contributed by atoms with Crippen LogP contribution in [0.2, 0.25) is 5.02 Å². The third-order valence-corrected chi connectivity index (χ3v) is 4.39. The zero-order chi connectivity index (χ0) is 16.4. The molecule has 118 valence electrons. The fourth-order valence-corrected chi connectivity index (χ4v) is 3.01. The summed E-state index contributed by atoms with van der Waals surface area (Å²) in [5.74, 6) is -1.00. The summed E-state index contributed by atoms with van der Waals surface area (Å²) >= 11 is 6.10. The van der Waals surface area contributed by atoms with Gasteiger partial charge in [0.1, 0.15) is 0 Å². The van der Waals surface area contributed by atoms with Crippen molar-refractivity contribution in [1.29, 1.82) is 0 Å². The van der Waals surface area contributed by atoms with Crippen LogP contribution in [0.25, 0.3) is 0 Å². The van der Waals surface area contributed by atoms with E-state index in [2.05, 4.69) is 4.98 Å². The third-order valence-electron chi connectivity index (χ3n) is 4.02. The first-order valence-electron chi connectivity index (χ1n) is 7.26. The van der Waals surface area contributed by atoms with Crippen LogP contribution in [0.3, 0.4) is 0 Å². The molecule has 2 aromatic rings. The number of carboxylic acid groups (broad SMARTS) is 1. The van der Waals surface area contributed by atoms with E-state index >= 15 is 0 Å². The molecule has 1 aromatic carbocycles. The standard InChI is InChI=1S/C17H15ClN2O3/c18-15-4-2-1-3-11(15)7-16(21)20-6-5-13-12(10-20)8-19-9-14(13)17(22)23/h1-4,8-9H,5-7,10H2,(H,22,23). The number of aromatic carboxylic acids is 1. The minimum atomic E-state index is -0.981. The van der Waals surface area contributed by atoms with Gasteiger partial charge >= 0.3 is 5.97 Å². The van der Waals surface area contributed by atoms with Crippen molar-refractivity contribution >= 4 is 23.5 Å². The summed E-state index contributed by atoms with van der Waals surface area (Å²) in [4.78, 5) is 29.4. The number of aromatic nitrogens is 1. The van der Waals surface area contributed by atoms with Crippen molar-refractivity contribution in [3.05, 3.63) is 63.9 Å². The Kier molecular flexibility index (Phi) is 4.30. The van der Waals surface area contributed by atoms with Gasteiger partial charge in [-0.3, -0.25) is 9.78 Å². The van der Waals surface area contributed by atoms with E-state index < -0.39 is 5.97 Å². The Hall–Kier alpha value is -2.40. The van der Waals surface area contributed by atoms with Crippen LogP contribution in [0.4, 0.5) is 0 Å². The van der Waals surface area contributed by atoms with E-state index in [1.807, 2.05) is 18.2 Å². The summed E-state index contributed by atoms with van der Waals surface area (Å²) in [6.45, 7) is 0.882. The average Bonchev–Trinajstić information content (AvgIpc) is 2.55. The van der Waals surface area contributed by atoms with Crippen molar-refractivity contribution in [3.8, 4) is 0 Å². The number of hydrogen-bond acceptors (Lipinski definition) is 3. The molecule has 0 fully saturated rings. The normalized spacial score (nSPS) is 13.5. The monoisotopic (exact) mass is 330 g/mol. The molecule has 0 unspecified atom stereocenters. The number of amides is 1. The van der Waals surface area contributed by atoms with Crippen LogP contribution < -0.4 is 0 Å². The first kappa shape index (κ1) is 15.5. The van der Waals surface area contributed by atoms with Crippen molar-refractivity contribution in [3.63, 3.8) is 0 Å². The highest BCUT2D eigenvalue weighted by Gasteiger charge is 2.25. The minimum Gasteiger partial charge on any atom is -0.478 e. The Balaban J connectivity index is 1.77. The van der Waals surface area contributed by atoms with Gasteiger partial charge in [0, 0.05) is 30.5 Å². The van der Waals surface area contributed by atoms with Crippen LogP contribution in [-0.2, 0) is 24.2 Å². The fraction of sp³-hybridized carbons (Fsp3) is 0.235. The SMILES string of the molecule is O=C(O)c1cncc2c1CCN(C(=O)Cc1ccccc1Cl)C2. The molecule has 0 bridgehead atoms. The highest BCUT2D eigenvalue weighted by atomic mass is 35.5. The lowest BCUT2D eigenvalue weighted by Crippen LogP contribution is -2.37. The third kappa shape index (κ3) is 3.19. The first-order chi connectivity index (χ1) is 11.1. The molecule has 1 amide bonds. The number of fused-ring (bicyclic) bond motifs is 1. The van der Waals surface area contributed by atoms with Crippen LogP contribution in [-0.4, -0.2) is 33.4 Å². The number of pyridine rings is 1. The minimum absolute atomic E-state index is 0.0236. The summed E-state index contributed by atoms with van der Waals surface area (Å²) in [5.41, 5.74) is 2.58. The number of hydrogen-bond donors (Lipinski definition) is 1. The van der Waals surface area contributed by atoms with Gasteiger partial charge in [-0.1, -0.05) is 29.8 Å². The number of nitrogens with zero attached hydrogens (tertiary/aromatic N) is 2. The summed E-state index contributed by atoms with van der Waals surface area (Å²) in [5, 5.41) is 9.78. The first-order valence-corrected chi connectivity index (χ1v) is 7.64. The lowest BCUT2D eigenvalue weighted by atomic mass is 9.96.